The number of carbonyl (C=O) groups excluding carboxylic acids is 2. The predicted octanol–water partition coefficient (Wildman–Crippen LogP) is 4.64. The van der Waals surface area contributed by atoms with E-state index in [9.17, 15) is 9.59 Å². The zero-order chi connectivity index (χ0) is 16.3. The number of benzene rings is 2. The van der Waals surface area contributed by atoms with Gasteiger partial charge in [-0.15, -0.1) is 0 Å². The summed E-state index contributed by atoms with van der Waals surface area (Å²) >= 11 is 13.8. The van der Waals surface area contributed by atoms with E-state index in [1.807, 2.05) is 22.6 Å². The predicted molar refractivity (Wildman–Crippen MR) is 92.5 cm³/mol. The van der Waals surface area contributed by atoms with E-state index in [0.29, 0.717) is 17.6 Å². The van der Waals surface area contributed by atoms with Crippen LogP contribution in [0.15, 0.2) is 30.3 Å². The molecule has 0 heterocycles. The SMILES string of the molecule is COc1ccc(C(=O)Oc2c(Cl)cc(Cl)cc2C=O)cc1I. The lowest BCUT2D eigenvalue weighted by Gasteiger charge is -2.10. The third kappa shape index (κ3) is 3.71. The Morgan fingerprint density at radius 1 is 1.23 bits per heavy atom. The molecular formula is C15H9Cl2IO4. The third-order valence-electron chi connectivity index (χ3n) is 2.75. The molecule has 0 saturated heterocycles. The molecule has 7 heteroatoms. The minimum Gasteiger partial charge on any atom is -0.496 e. The first kappa shape index (κ1) is 17.1. The molecular weight excluding hydrogens is 442 g/mol. The summed E-state index contributed by atoms with van der Waals surface area (Å²) in [5.74, 6) is 0.0000373. The molecule has 0 bridgehead atoms. The molecule has 114 valence electrons. The summed E-state index contributed by atoms with van der Waals surface area (Å²) in [5.41, 5.74) is 0.419. The molecule has 0 aliphatic rings. The van der Waals surface area contributed by atoms with Gasteiger partial charge in [0.15, 0.2) is 12.0 Å². The summed E-state index contributed by atoms with van der Waals surface area (Å²) in [6, 6.07) is 7.61. The second-order valence-electron chi connectivity index (χ2n) is 4.16. The topological polar surface area (TPSA) is 52.6 Å². The quantitative estimate of drug-likeness (QED) is 0.295. The molecule has 0 fully saturated rings. The highest BCUT2D eigenvalue weighted by molar-refractivity contribution is 14.1. The largest absolute Gasteiger partial charge is 0.496 e. The van der Waals surface area contributed by atoms with Gasteiger partial charge >= 0.3 is 5.97 Å². The Hall–Kier alpha value is -1.31. The number of aldehydes is 1. The molecule has 0 amide bonds. The minimum absolute atomic E-state index is 0.0168. The van der Waals surface area contributed by atoms with E-state index >= 15 is 0 Å². The normalized spacial score (nSPS) is 10.2. The molecule has 4 nitrogen and oxygen atoms in total. The zero-order valence-corrected chi connectivity index (χ0v) is 14.9. The summed E-state index contributed by atoms with van der Waals surface area (Å²) in [6.07, 6.45) is 0.526. The van der Waals surface area contributed by atoms with E-state index in [0.717, 1.165) is 3.57 Å². The van der Waals surface area contributed by atoms with E-state index in [4.69, 9.17) is 32.7 Å². The number of hydrogen-bond acceptors (Lipinski definition) is 4. The first-order chi connectivity index (χ1) is 10.5. The first-order valence-corrected chi connectivity index (χ1v) is 7.79. The average Bonchev–Trinajstić information content (AvgIpc) is 2.49. The van der Waals surface area contributed by atoms with Crippen LogP contribution in [0.5, 0.6) is 11.5 Å². The van der Waals surface area contributed by atoms with Crippen LogP contribution >= 0.6 is 45.8 Å². The van der Waals surface area contributed by atoms with E-state index < -0.39 is 5.97 Å². The van der Waals surface area contributed by atoms with E-state index in [1.165, 1.54) is 12.1 Å². The lowest BCUT2D eigenvalue weighted by atomic mass is 10.2. The Labute approximate surface area is 150 Å². The van der Waals surface area contributed by atoms with Gasteiger partial charge in [0.2, 0.25) is 0 Å². The number of rotatable bonds is 4. The Bertz CT molecular complexity index is 747. The van der Waals surface area contributed by atoms with Crippen LogP contribution in [0, 0.1) is 3.57 Å². The summed E-state index contributed by atoms with van der Waals surface area (Å²) in [6.45, 7) is 0. The van der Waals surface area contributed by atoms with Gasteiger partial charge in [0.1, 0.15) is 5.75 Å². The van der Waals surface area contributed by atoms with Crippen LogP contribution in [0.2, 0.25) is 10.0 Å². The number of carbonyl (C=O) groups is 2. The molecule has 0 N–H and O–H groups in total. The molecule has 2 aromatic rings. The Kier molecular flexibility index (Phi) is 5.66. The molecule has 0 spiro atoms. The standard InChI is InChI=1S/C15H9Cl2IO4/c1-21-13-3-2-8(5-12(13)18)15(20)22-14-9(7-19)4-10(16)6-11(14)17/h2-7H,1H3. The van der Waals surface area contributed by atoms with Gasteiger partial charge in [-0.1, -0.05) is 23.2 Å². The molecule has 0 saturated carbocycles. The van der Waals surface area contributed by atoms with Crippen LogP contribution < -0.4 is 9.47 Å². The van der Waals surface area contributed by atoms with Gasteiger partial charge in [-0.3, -0.25) is 4.79 Å². The average molecular weight is 451 g/mol. The van der Waals surface area contributed by atoms with Crippen molar-refractivity contribution in [3.05, 3.63) is 55.1 Å². The molecule has 0 aromatic heterocycles. The second-order valence-corrected chi connectivity index (χ2v) is 6.17. The van der Waals surface area contributed by atoms with Crippen molar-refractivity contribution in [2.75, 3.05) is 7.11 Å². The first-order valence-electron chi connectivity index (χ1n) is 5.96. The van der Waals surface area contributed by atoms with E-state index in [-0.39, 0.29) is 21.4 Å². The Morgan fingerprint density at radius 2 is 1.95 bits per heavy atom. The lowest BCUT2D eigenvalue weighted by Crippen LogP contribution is -2.10. The fourth-order valence-electron chi connectivity index (χ4n) is 1.72. The lowest BCUT2D eigenvalue weighted by molar-refractivity contribution is 0.0733. The molecule has 0 aliphatic carbocycles. The molecule has 2 rings (SSSR count). The molecule has 0 atom stereocenters. The van der Waals surface area contributed by atoms with Crippen molar-refractivity contribution < 1.29 is 19.1 Å². The van der Waals surface area contributed by atoms with Crippen LogP contribution in [0.4, 0.5) is 0 Å². The number of halogens is 3. The van der Waals surface area contributed by atoms with Crippen LogP contribution in [0.1, 0.15) is 20.7 Å². The number of methoxy groups -OCH3 is 1. The van der Waals surface area contributed by atoms with Gasteiger partial charge in [-0.05, 0) is 52.9 Å². The van der Waals surface area contributed by atoms with Crippen molar-refractivity contribution in [1.82, 2.24) is 0 Å². The van der Waals surface area contributed by atoms with Crippen LogP contribution in [-0.2, 0) is 0 Å². The van der Waals surface area contributed by atoms with Crippen LogP contribution in [-0.4, -0.2) is 19.4 Å². The fourth-order valence-corrected chi connectivity index (χ4v) is 3.00. The summed E-state index contributed by atoms with van der Waals surface area (Å²) < 4.78 is 11.1. The van der Waals surface area contributed by atoms with E-state index in [1.54, 1.807) is 25.3 Å². The summed E-state index contributed by atoms with van der Waals surface area (Å²) in [7, 11) is 1.54. The van der Waals surface area contributed by atoms with Crippen molar-refractivity contribution in [1.29, 1.82) is 0 Å². The van der Waals surface area contributed by atoms with Crippen molar-refractivity contribution in [2.45, 2.75) is 0 Å². The summed E-state index contributed by atoms with van der Waals surface area (Å²) in [4.78, 5) is 23.3. The van der Waals surface area contributed by atoms with Crippen LogP contribution in [0.25, 0.3) is 0 Å². The molecule has 0 unspecified atom stereocenters. The van der Waals surface area contributed by atoms with Gasteiger partial charge in [0, 0.05) is 5.02 Å². The monoisotopic (exact) mass is 450 g/mol. The van der Waals surface area contributed by atoms with Crippen molar-refractivity contribution in [2.24, 2.45) is 0 Å². The molecule has 22 heavy (non-hydrogen) atoms. The number of esters is 1. The molecule has 0 aliphatic heterocycles. The smallest absolute Gasteiger partial charge is 0.343 e. The maximum absolute atomic E-state index is 12.2. The number of ether oxygens (including phenoxy) is 2. The van der Waals surface area contributed by atoms with Gasteiger partial charge in [-0.2, -0.15) is 0 Å². The highest BCUT2D eigenvalue weighted by atomic mass is 127. The van der Waals surface area contributed by atoms with Crippen molar-refractivity contribution in [3.8, 4) is 11.5 Å². The minimum atomic E-state index is -0.632. The van der Waals surface area contributed by atoms with E-state index in [2.05, 4.69) is 0 Å². The van der Waals surface area contributed by atoms with Gasteiger partial charge < -0.3 is 9.47 Å². The molecule has 0 radical (unpaired) electrons. The maximum Gasteiger partial charge on any atom is 0.343 e. The highest BCUT2D eigenvalue weighted by Crippen LogP contribution is 2.32. The third-order valence-corrected chi connectivity index (χ3v) is 4.09. The van der Waals surface area contributed by atoms with Crippen LogP contribution in [0.3, 0.4) is 0 Å². The second kappa shape index (κ2) is 7.30. The van der Waals surface area contributed by atoms with Gasteiger partial charge in [0.25, 0.3) is 0 Å². The Morgan fingerprint density at radius 3 is 2.55 bits per heavy atom. The number of hydrogen-bond donors (Lipinski definition) is 0. The zero-order valence-electron chi connectivity index (χ0n) is 11.2. The van der Waals surface area contributed by atoms with Gasteiger partial charge in [0.05, 0.1) is 26.8 Å². The Balaban J connectivity index is 2.33. The fraction of sp³-hybridized carbons (Fsp3) is 0.0667. The maximum atomic E-state index is 12.2. The van der Waals surface area contributed by atoms with Crippen molar-refractivity contribution >= 4 is 58.0 Å². The highest BCUT2D eigenvalue weighted by Gasteiger charge is 2.17. The van der Waals surface area contributed by atoms with Crippen molar-refractivity contribution in [3.63, 3.8) is 0 Å². The van der Waals surface area contributed by atoms with Gasteiger partial charge in [-0.25, -0.2) is 4.79 Å². The summed E-state index contributed by atoms with van der Waals surface area (Å²) in [5, 5.41) is 0.372. The molecule has 2 aromatic carbocycles.